The molecule has 2 N–H and O–H groups in total. The van der Waals surface area contributed by atoms with Crippen LogP contribution >= 0.6 is 0 Å². The second-order valence-corrected chi connectivity index (χ2v) is 4.83. The molecule has 0 amide bonds. The predicted molar refractivity (Wildman–Crippen MR) is 72.9 cm³/mol. The van der Waals surface area contributed by atoms with Crippen molar-refractivity contribution in [3.63, 3.8) is 0 Å². The molecule has 18 heavy (non-hydrogen) atoms. The summed E-state index contributed by atoms with van der Waals surface area (Å²) in [5, 5.41) is 0. The van der Waals surface area contributed by atoms with Crippen LogP contribution in [0.5, 0.6) is 11.5 Å². The highest BCUT2D eigenvalue weighted by atomic mass is 16.5. The zero-order valence-corrected chi connectivity index (χ0v) is 10.3. The largest absolute Gasteiger partial charge is 0.457 e. The molecule has 2 atom stereocenters. The Morgan fingerprint density at radius 3 is 2.50 bits per heavy atom. The van der Waals surface area contributed by atoms with E-state index in [1.807, 2.05) is 36.4 Å². The molecular weight excluding hydrogens is 222 g/mol. The molecular formula is C16H17NO. The van der Waals surface area contributed by atoms with Gasteiger partial charge in [0.15, 0.2) is 0 Å². The summed E-state index contributed by atoms with van der Waals surface area (Å²) in [7, 11) is 0. The van der Waals surface area contributed by atoms with E-state index in [0.29, 0.717) is 11.8 Å². The lowest BCUT2D eigenvalue weighted by Crippen LogP contribution is -2.01. The first-order chi connectivity index (χ1) is 8.86. The van der Waals surface area contributed by atoms with Gasteiger partial charge >= 0.3 is 0 Å². The van der Waals surface area contributed by atoms with Gasteiger partial charge in [0, 0.05) is 0 Å². The highest BCUT2D eigenvalue weighted by Crippen LogP contribution is 2.47. The second kappa shape index (κ2) is 4.83. The molecule has 2 aromatic carbocycles. The van der Waals surface area contributed by atoms with Gasteiger partial charge in [-0.3, -0.25) is 0 Å². The molecule has 0 spiro atoms. The van der Waals surface area contributed by atoms with Crippen LogP contribution in [0, 0.1) is 5.92 Å². The number of benzene rings is 2. The van der Waals surface area contributed by atoms with Crippen LogP contribution < -0.4 is 10.5 Å². The van der Waals surface area contributed by atoms with Crippen molar-refractivity contribution in [2.24, 2.45) is 11.7 Å². The average molecular weight is 239 g/mol. The van der Waals surface area contributed by atoms with E-state index in [1.165, 1.54) is 12.0 Å². The maximum absolute atomic E-state index is 5.83. The zero-order chi connectivity index (χ0) is 12.4. The summed E-state index contributed by atoms with van der Waals surface area (Å²) in [6.45, 7) is 0.786. The van der Waals surface area contributed by atoms with Crippen molar-refractivity contribution in [2.45, 2.75) is 12.3 Å². The van der Waals surface area contributed by atoms with Crippen LogP contribution in [0.3, 0.4) is 0 Å². The lowest BCUT2D eigenvalue weighted by Gasteiger charge is -2.07. The second-order valence-electron chi connectivity index (χ2n) is 4.83. The van der Waals surface area contributed by atoms with E-state index < -0.39 is 0 Å². The molecule has 0 aromatic heterocycles. The monoisotopic (exact) mass is 239 g/mol. The number of ether oxygens (including phenoxy) is 1. The molecule has 92 valence electrons. The Kier molecular flexibility index (Phi) is 3.03. The quantitative estimate of drug-likeness (QED) is 0.885. The highest BCUT2D eigenvalue weighted by molar-refractivity contribution is 5.37. The molecule has 0 bridgehead atoms. The third-order valence-corrected chi connectivity index (χ3v) is 3.49. The Bertz CT molecular complexity index is 524. The van der Waals surface area contributed by atoms with E-state index >= 15 is 0 Å². The van der Waals surface area contributed by atoms with E-state index in [9.17, 15) is 0 Å². The number of rotatable bonds is 4. The molecule has 0 saturated heterocycles. The van der Waals surface area contributed by atoms with E-state index in [2.05, 4.69) is 18.2 Å². The molecule has 0 radical (unpaired) electrons. The van der Waals surface area contributed by atoms with Crippen LogP contribution in [-0.4, -0.2) is 6.54 Å². The SMILES string of the molecule is NCC1CC1c1cccc(Oc2ccccc2)c1. The van der Waals surface area contributed by atoms with Gasteiger partial charge in [0.1, 0.15) is 11.5 Å². The minimum atomic E-state index is 0.634. The van der Waals surface area contributed by atoms with Gasteiger partial charge in [-0.15, -0.1) is 0 Å². The summed E-state index contributed by atoms with van der Waals surface area (Å²) >= 11 is 0. The number of nitrogens with two attached hydrogens (primary N) is 1. The van der Waals surface area contributed by atoms with Crippen LogP contribution in [0.4, 0.5) is 0 Å². The van der Waals surface area contributed by atoms with E-state index in [0.717, 1.165) is 18.0 Å². The van der Waals surface area contributed by atoms with Crippen LogP contribution in [-0.2, 0) is 0 Å². The molecule has 1 aliphatic rings. The Labute approximate surface area is 107 Å². The topological polar surface area (TPSA) is 35.2 Å². The molecule has 2 aromatic rings. The normalized spacial score (nSPS) is 21.6. The van der Waals surface area contributed by atoms with Gasteiger partial charge in [0.2, 0.25) is 0 Å². The fraction of sp³-hybridized carbons (Fsp3) is 0.250. The molecule has 3 rings (SSSR count). The summed E-state index contributed by atoms with van der Waals surface area (Å²) in [5.41, 5.74) is 7.04. The third kappa shape index (κ3) is 2.39. The molecule has 0 aliphatic heterocycles. The van der Waals surface area contributed by atoms with Gasteiger partial charge < -0.3 is 10.5 Å². The highest BCUT2D eigenvalue weighted by Gasteiger charge is 2.36. The Morgan fingerprint density at radius 2 is 1.78 bits per heavy atom. The molecule has 2 heteroatoms. The minimum Gasteiger partial charge on any atom is -0.457 e. The minimum absolute atomic E-state index is 0.634. The van der Waals surface area contributed by atoms with Crippen LogP contribution in [0.2, 0.25) is 0 Å². The predicted octanol–water partition coefficient (Wildman–Crippen LogP) is 3.54. The van der Waals surface area contributed by atoms with Gasteiger partial charge in [0.05, 0.1) is 0 Å². The molecule has 1 fully saturated rings. The van der Waals surface area contributed by atoms with Crippen LogP contribution in [0.15, 0.2) is 54.6 Å². The van der Waals surface area contributed by atoms with Crippen molar-refractivity contribution in [1.29, 1.82) is 0 Å². The third-order valence-electron chi connectivity index (χ3n) is 3.49. The molecule has 0 heterocycles. The van der Waals surface area contributed by atoms with Crippen molar-refractivity contribution in [1.82, 2.24) is 0 Å². The van der Waals surface area contributed by atoms with E-state index in [4.69, 9.17) is 10.5 Å². The summed E-state index contributed by atoms with van der Waals surface area (Å²) < 4.78 is 5.83. The maximum Gasteiger partial charge on any atom is 0.127 e. The van der Waals surface area contributed by atoms with Crippen LogP contribution in [0.1, 0.15) is 17.9 Å². The van der Waals surface area contributed by atoms with Crippen LogP contribution in [0.25, 0.3) is 0 Å². The molecule has 2 nitrogen and oxygen atoms in total. The maximum atomic E-state index is 5.83. The lowest BCUT2D eigenvalue weighted by atomic mass is 10.1. The standard InChI is InChI=1S/C16H17NO/c17-11-13-10-16(13)12-5-4-8-15(9-12)18-14-6-2-1-3-7-14/h1-9,13,16H,10-11,17H2. The molecule has 1 aliphatic carbocycles. The van der Waals surface area contributed by atoms with Gasteiger partial charge in [0.25, 0.3) is 0 Å². The van der Waals surface area contributed by atoms with Crippen molar-refractivity contribution in [2.75, 3.05) is 6.54 Å². The summed E-state index contributed by atoms with van der Waals surface area (Å²) in [4.78, 5) is 0. The van der Waals surface area contributed by atoms with Gasteiger partial charge in [-0.25, -0.2) is 0 Å². The van der Waals surface area contributed by atoms with Crippen molar-refractivity contribution < 1.29 is 4.74 Å². The summed E-state index contributed by atoms with van der Waals surface area (Å²) in [5.74, 6) is 3.08. The molecule has 1 saturated carbocycles. The van der Waals surface area contributed by atoms with Gasteiger partial charge in [-0.05, 0) is 54.6 Å². The van der Waals surface area contributed by atoms with Gasteiger partial charge in [-0.1, -0.05) is 30.3 Å². The number of hydrogen-bond donors (Lipinski definition) is 1. The van der Waals surface area contributed by atoms with Crippen molar-refractivity contribution in [3.05, 3.63) is 60.2 Å². The fourth-order valence-electron chi connectivity index (χ4n) is 2.35. The summed E-state index contributed by atoms with van der Waals surface area (Å²) in [6, 6.07) is 18.2. The first kappa shape index (κ1) is 11.3. The number of para-hydroxylation sites is 1. The fourth-order valence-corrected chi connectivity index (χ4v) is 2.35. The summed E-state index contributed by atoms with van der Waals surface area (Å²) in [6.07, 6.45) is 1.21. The van der Waals surface area contributed by atoms with Crippen molar-refractivity contribution in [3.8, 4) is 11.5 Å². The molecule has 2 unspecified atom stereocenters. The van der Waals surface area contributed by atoms with Crippen molar-refractivity contribution >= 4 is 0 Å². The Hall–Kier alpha value is -1.80. The average Bonchev–Trinajstić information content (AvgIpc) is 3.20. The first-order valence-electron chi connectivity index (χ1n) is 6.40. The Morgan fingerprint density at radius 1 is 1.00 bits per heavy atom. The van der Waals surface area contributed by atoms with E-state index in [-0.39, 0.29) is 0 Å². The lowest BCUT2D eigenvalue weighted by molar-refractivity contribution is 0.482. The number of hydrogen-bond acceptors (Lipinski definition) is 2. The first-order valence-corrected chi connectivity index (χ1v) is 6.40. The zero-order valence-electron chi connectivity index (χ0n) is 10.3. The van der Waals surface area contributed by atoms with E-state index in [1.54, 1.807) is 0 Å². The smallest absolute Gasteiger partial charge is 0.127 e. The Balaban J connectivity index is 1.76. The van der Waals surface area contributed by atoms with Gasteiger partial charge in [-0.2, -0.15) is 0 Å².